The highest BCUT2D eigenvalue weighted by atomic mass is 35.5. The Morgan fingerprint density at radius 3 is 2.56 bits per heavy atom. The summed E-state index contributed by atoms with van der Waals surface area (Å²) in [5, 5.41) is 8.46. The van der Waals surface area contributed by atoms with Crippen molar-refractivity contribution in [3.63, 3.8) is 0 Å². The molecule has 1 rings (SSSR count). The first-order valence-electron chi connectivity index (χ1n) is 4.62. The lowest BCUT2D eigenvalue weighted by molar-refractivity contribution is 0.0697. The zero-order chi connectivity index (χ0) is 13.9. The van der Waals surface area contributed by atoms with Gasteiger partial charge in [0.1, 0.15) is 4.90 Å². The number of benzene rings is 1. The Labute approximate surface area is 114 Å². The Morgan fingerprint density at radius 1 is 1.44 bits per heavy atom. The van der Waals surface area contributed by atoms with Crippen LogP contribution in [-0.2, 0) is 10.0 Å². The second-order valence-electron chi connectivity index (χ2n) is 3.21. The molecule has 0 aromatic heterocycles. The second-order valence-corrected chi connectivity index (χ2v) is 5.76. The highest BCUT2D eigenvalue weighted by Gasteiger charge is 2.23. The van der Waals surface area contributed by atoms with Crippen LogP contribution in [0.15, 0.2) is 29.7 Å². The third-order valence-corrected chi connectivity index (χ3v) is 4.13. The molecule has 0 aliphatic rings. The Kier molecular flexibility index (Phi) is 4.75. The van der Waals surface area contributed by atoms with Gasteiger partial charge < -0.3 is 5.11 Å². The molecule has 98 valence electrons. The van der Waals surface area contributed by atoms with Crippen molar-refractivity contribution in [2.75, 3.05) is 6.54 Å². The van der Waals surface area contributed by atoms with E-state index in [2.05, 4.69) is 11.3 Å². The molecule has 0 radical (unpaired) electrons. The van der Waals surface area contributed by atoms with Crippen LogP contribution < -0.4 is 4.72 Å². The number of nitrogens with one attached hydrogen (secondary N) is 1. The summed E-state index contributed by atoms with van der Waals surface area (Å²) in [4.78, 5) is 10.5. The van der Waals surface area contributed by atoms with E-state index in [1.165, 1.54) is 6.08 Å². The standard InChI is InChI=1S/C10H9Cl2NO4S/c1-2-3-13-18(16,17)8-5-6(11)4-7(9(8)12)10(14)15/h2,4-5,13H,1,3H2,(H,14,15). The molecule has 5 nitrogen and oxygen atoms in total. The predicted molar refractivity (Wildman–Crippen MR) is 68.8 cm³/mol. The number of carbonyl (C=O) groups is 1. The van der Waals surface area contributed by atoms with Gasteiger partial charge in [-0.05, 0) is 12.1 Å². The van der Waals surface area contributed by atoms with Gasteiger partial charge in [-0.15, -0.1) is 6.58 Å². The zero-order valence-corrected chi connectivity index (χ0v) is 11.3. The van der Waals surface area contributed by atoms with E-state index >= 15 is 0 Å². The summed E-state index contributed by atoms with van der Waals surface area (Å²) < 4.78 is 25.9. The van der Waals surface area contributed by atoms with Gasteiger partial charge in [0, 0.05) is 11.6 Å². The van der Waals surface area contributed by atoms with Gasteiger partial charge in [-0.3, -0.25) is 0 Å². The van der Waals surface area contributed by atoms with Crippen LogP contribution in [0.4, 0.5) is 0 Å². The molecule has 0 heterocycles. The van der Waals surface area contributed by atoms with Gasteiger partial charge in [0.25, 0.3) is 0 Å². The largest absolute Gasteiger partial charge is 0.478 e. The first-order chi connectivity index (χ1) is 8.29. The first-order valence-corrected chi connectivity index (χ1v) is 6.86. The lowest BCUT2D eigenvalue weighted by Gasteiger charge is -2.09. The Balaban J connectivity index is 3.41. The summed E-state index contributed by atoms with van der Waals surface area (Å²) in [6.45, 7) is 3.36. The summed E-state index contributed by atoms with van der Waals surface area (Å²) in [6, 6.07) is 2.17. The number of hydrogen-bond donors (Lipinski definition) is 2. The molecule has 8 heteroatoms. The van der Waals surface area contributed by atoms with E-state index in [1.807, 2.05) is 0 Å². The average Bonchev–Trinajstić information content (AvgIpc) is 2.28. The van der Waals surface area contributed by atoms with E-state index in [9.17, 15) is 13.2 Å². The summed E-state index contributed by atoms with van der Waals surface area (Å²) in [6.07, 6.45) is 1.34. The molecular weight excluding hydrogens is 301 g/mol. The van der Waals surface area contributed by atoms with Crippen LogP contribution >= 0.6 is 23.2 Å². The normalized spacial score (nSPS) is 11.2. The van der Waals surface area contributed by atoms with Gasteiger partial charge in [-0.1, -0.05) is 29.3 Å². The smallest absolute Gasteiger partial charge is 0.337 e. The zero-order valence-electron chi connectivity index (χ0n) is 8.98. The summed E-state index contributed by atoms with van der Waals surface area (Å²) in [7, 11) is -3.93. The van der Waals surface area contributed by atoms with Gasteiger partial charge in [0.2, 0.25) is 10.0 Å². The molecule has 1 aromatic carbocycles. The topological polar surface area (TPSA) is 83.5 Å². The summed E-state index contributed by atoms with van der Waals surface area (Å²) in [5.74, 6) is -1.36. The summed E-state index contributed by atoms with van der Waals surface area (Å²) >= 11 is 11.4. The highest BCUT2D eigenvalue weighted by molar-refractivity contribution is 7.89. The molecule has 0 bridgehead atoms. The van der Waals surface area contributed by atoms with Crippen LogP contribution in [0.3, 0.4) is 0 Å². The van der Waals surface area contributed by atoms with Crippen molar-refractivity contribution in [3.05, 3.63) is 40.4 Å². The third kappa shape index (κ3) is 3.23. The Morgan fingerprint density at radius 2 is 2.06 bits per heavy atom. The number of sulfonamides is 1. The van der Waals surface area contributed by atoms with Gasteiger partial charge in [-0.2, -0.15) is 0 Å². The first kappa shape index (κ1) is 15.0. The number of aromatic carboxylic acids is 1. The van der Waals surface area contributed by atoms with E-state index in [4.69, 9.17) is 28.3 Å². The maximum absolute atomic E-state index is 11.8. The molecule has 0 atom stereocenters. The van der Waals surface area contributed by atoms with E-state index in [0.29, 0.717) is 0 Å². The van der Waals surface area contributed by atoms with Crippen LogP contribution in [0.25, 0.3) is 0 Å². The van der Waals surface area contributed by atoms with E-state index < -0.39 is 16.0 Å². The SMILES string of the molecule is C=CCNS(=O)(=O)c1cc(Cl)cc(C(=O)O)c1Cl. The van der Waals surface area contributed by atoms with Gasteiger partial charge in [0.05, 0.1) is 10.6 Å². The Hall–Kier alpha value is -1.08. The number of carboxylic acids is 1. The Bertz CT molecular complexity index is 598. The highest BCUT2D eigenvalue weighted by Crippen LogP contribution is 2.29. The van der Waals surface area contributed by atoms with Crippen LogP contribution in [-0.4, -0.2) is 26.0 Å². The van der Waals surface area contributed by atoms with Crippen molar-refractivity contribution in [1.82, 2.24) is 4.72 Å². The minimum absolute atomic E-state index is 0.00637. The number of rotatable bonds is 5. The predicted octanol–water partition coefficient (Wildman–Crippen LogP) is 2.16. The van der Waals surface area contributed by atoms with Crippen molar-refractivity contribution >= 4 is 39.2 Å². The van der Waals surface area contributed by atoms with Crippen LogP contribution in [0.5, 0.6) is 0 Å². The monoisotopic (exact) mass is 309 g/mol. The van der Waals surface area contributed by atoms with Gasteiger partial charge in [0.15, 0.2) is 0 Å². The van der Waals surface area contributed by atoms with Gasteiger partial charge >= 0.3 is 5.97 Å². The number of hydrogen-bond acceptors (Lipinski definition) is 3. The maximum atomic E-state index is 11.8. The molecule has 2 N–H and O–H groups in total. The van der Waals surface area contributed by atoms with Crippen molar-refractivity contribution in [3.8, 4) is 0 Å². The molecular formula is C10H9Cl2NO4S. The maximum Gasteiger partial charge on any atom is 0.337 e. The molecule has 0 amide bonds. The minimum Gasteiger partial charge on any atom is -0.478 e. The fourth-order valence-corrected chi connectivity index (χ4v) is 3.06. The molecule has 0 saturated heterocycles. The van der Waals surface area contributed by atoms with Crippen molar-refractivity contribution in [2.45, 2.75) is 4.90 Å². The number of carboxylic acid groups (broad SMARTS) is 1. The quantitative estimate of drug-likeness (QED) is 0.816. The molecule has 0 spiro atoms. The fourth-order valence-electron chi connectivity index (χ4n) is 1.16. The van der Waals surface area contributed by atoms with Crippen LogP contribution in [0, 0.1) is 0 Å². The van der Waals surface area contributed by atoms with Crippen molar-refractivity contribution in [1.29, 1.82) is 0 Å². The molecule has 18 heavy (non-hydrogen) atoms. The lowest BCUT2D eigenvalue weighted by Crippen LogP contribution is -2.24. The molecule has 0 aliphatic heterocycles. The van der Waals surface area contributed by atoms with Crippen LogP contribution in [0.2, 0.25) is 10.0 Å². The summed E-state index contributed by atoms with van der Waals surface area (Å²) in [5.41, 5.74) is -0.372. The minimum atomic E-state index is -3.93. The fraction of sp³-hybridized carbons (Fsp3) is 0.100. The lowest BCUT2D eigenvalue weighted by atomic mass is 10.2. The molecule has 0 fully saturated rings. The molecule has 0 aliphatic carbocycles. The third-order valence-electron chi connectivity index (χ3n) is 1.94. The van der Waals surface area contributed by atoms with Crippen molar-refractivity contribution < 1.29 is 18.3 Å². The van der Waals surface area contributed by atoms with Crippen LogP contribution in [0.1, 0.15) is 10.4 Å². The number of halogens is 2. The molecule has 0 unspecified atom stereocenters. The average molecular weight is 310 g/mol. The van der Waals surface area contributed by atoms with Crippen molar-refractivity contribution in [2.24, 2.45) is 0 Å². The molecule has 0 saturated carbocycles. The van der Waals surface area contributed by atoms with E-state index in [-0.39, 0.29) is 27.0 Å². The van der Waals surface area contributed by atoms with Gasteiger partial charge in [-0.25, -0.2) is 17.9 Å². The second kappa shape index (κ2) is 5.71. The van der Waals surface area contributed by atoms with E-state index in [0.717, 1.165) is 12.1 Å². The molecule has 1 aromatic rings. The van der Waals surface area contributed by atoms with E-state index in [1.54, 1.807) is 0 Å².